The molecule has 0 spiro atoms. The molecule has 1 atom stereocenters. The maximum absolute atomic E-state index is 13.4. The van der Waals surface area contributed by atoms with E-state index in [0.717, 1.165) is 17.1 Å². The zero-order valence-electron chi connectivity index (χ0n) is 15.8. The fourth-order valence-corrected chi connectivity index (χ4v) is 3.67. The van der Waals surface area contributed by atoms with Crippen LogP contribution >= 0.6 is 11.6 Å². The SMILES string of the molecule is O=C([C@H]1CCOC1)N(Cc1cnc(-c2ccccc2)[nH]1)Cc1ccc(F)cc1Cl. The van der Waals surface area contributed by atoms with Crippen LogP contribution in [-0.2, 0) is 22.6 Å². The number of halogens is 2. The summed E-state index contributed by atoms with van der Waals surface area (Å²) in [6.07, 6.45) is 2.44. The first-order chi connectivity index (χ1) is 14.1. The quantitative estimate of drug-likeness (QED) is 0.650. The van der Waals surface area contributed by atoms with Crippen LogP contribution < -0.4 is 0 Å². The van der Waals surface area contributed by atoms with Crippen molar-refractivity contribution in [3.05, 3.63) is 76.8 Å². The number of carbonyl (C=O) groups excluding carboxylic acids is 1. The van der Waals surface area contributed by atoms with Gasteiger partial charge in [-0.05, 0) is 24.1 Å². The zero-order valence-corrected chi connectivity index (χ0v) is 16.5. The number of hydrogen-bond donors (Lipinski definition) is 1. The molecule has 2 heterocycles. The molecule has 1 aromatic heterocycles. The summed E-state index contributed by atoms with van der Waals surface area (Å²) in [6, 6.07) is 14.0. The van der Waals surface area contributed by atoms with E-state index >= 15 is 0 Å². The van der Waals surface area contributed by atoms with Gasteiger partial charge in [-0.25, -0.2) is 9.37 Å². The number of H-pyrrole nitrogens is 1. The molecule has 1 aliphatic heterocycles. The number of rotatable bonds is 6. The van der Waals surface area contributed by atoms with Crippen LogP contribution in [0.4, 0.5) is 4.39 Å². The number of aromatic amines is 1. The summed E-state index contributed by atoms with van der Waals surface area (Å²) in [7, 11) is 0. The highest BCUT2D eigenvalue weighted by Crippen LogP contribution is 2.24. The summed E-state index contributed by atoms with van der Waals surface area (Å²) in [4.78, 5) is 22.6. The first-order valence-corrected chi connectivity index (χ1v) is 9.87. The van der Waals surface area contributed by atoms with E-state index in [0.29, 0.717) is 36.8 Å². The van der Waals surface area contributed by atoms with E-state index in [-0.39, 0.29) is 18.4 Å². The van der Waals surface area contributed by atoms with Crippen molar-refractivity contribution >= 4 is 17.5 Å². The molecule has 0 radical (unpaired) electrons. The molecule has 0 bridgehead atoms. The Morgan fingerprint density at radius 1 is 1.24 bits per heavy atom. The number of imidazole rings is 1. The molecule has 4 rings (SSSR count). The van der Waals surface area contributed by atoms with E-state index in [4.69, 9.17) is 16.3 Å². The second kappa shape index (κ2) is 8.76. The third-order valence-electron chi connectivity index (χ3n) is 5.00. The molecule has 1 aliphatic rings. The number of aromatic nitrogens is 2. The number of benzene rings is 2. The number of nitrogens with zero attached hydrogens (tertiary/aromatic N) is 2. The monoisotopic (exact) mass is 413 g/mol. The molecule has 0 aliphatic carbocycles. The molecule has 1 N–H and O–H groups in total. The molecule has 2 aromatic carbocycles. The molecule has 7 heteroatoms. The third-order valence-corrected chi connectivity index (χ3v) is 5.36. The zero-order chi connectivity index (χ0) is 20.2. The first-order valence-electron chi connectivity index (χ1n) is 9.50. The van der Waals surface area contributed by atoms with Crippen LogP contribution in [0.15, 0.2) is 54.7 Å². The van der Waals surface area contributed by atoms with E-state index in [2.05, 4.69) is 9.97 Å². The second-order valence-electron chi connectivity index (χ2n) is 7.11. The molecular formula is C22H21ClFN3O2. The Hall–Kier alpha value is -2.70. The summed E-state index contributed by atoms with van der Waals surface area (Å²) in [6.45, 7) is 1.64. The molecule has 0 unspecified atom stereocenters. The van der Waals surface area contributed by atoms with Crippen molar-refractivity contribution in [3.8, 4) is 11.4 Å². The van der Waals surface area contributed by atoms with Crippen LogP contribution in [0, 0.1) is 11.7 Å². The van der Waals surface area contributed by atoms with Crippen LogP contribution in [0.5, 0.6) is 0 Å². The third kappa shape index (κ3) is 4.66. The van der Waals surface area contributed by atoms with Crippen molar-refractivity contribution in [2.45, 2.75) is 19.5 Å². The van der Waals surface area contributed by atoms with Crippen molar-refractivity contribution in [2.75, 3.05) is 13.2 Å². The van der Waals surface area contributed by atoms with Crippen molar-refractivity contribution in [2.24, 2.45) is 5.92 Å². The van der Waals surface area contributed by atoms with Gasteiger partial charge < -0.3 is 14.6 Å². The number of nitrogens with one attached hydrogen (secondary N) is 1. The number of hydrogen-bond acceptors (Lipinski definition) is 3. The highest BCUT2D eigenvalue weighted by Gasteiger charge is 2.29. The number of amides is 1. The van der Waals surface area contributed by atoms with Gasteiger partial charge in [-0.15, -0.1) is 0 Å². The maximum atomic E-state index is 13.4. The molecule has 1 fully saturated rings. The Labute approximate surface area is 173 Å². The minimum Gasteiger partial charge on any atom is -0.381 e. The fraction of sp³-hybridized carbons (Fsp3) is 0.273. The van der Waals surface area contributed by atoms with E-state index < -0.39 is 5.82 Å². The summed E-state index contributed by atoms with van der Waals surface area (Å²) in [5.41, 5.74) is 2.49. The van der Waals surface area contributed by atoms with E-state index in [1.165, 1.54) is 12.1 Å². The highest BCUT2D eigenvalue weighted by molar-refractivity contribution is 6.31. The Morgan fingerprint density at radius 2 is 2.07 bits per heavy atom. The lowest BCUT2D eigenvalue weighted by Gasteiger charge is -2.25. The summed E-state index contributed by atoms with van der Waals surface area (Å²) in [5, 5.41) is 0.306. The second-order valence-corrected chi connectivity index (χ2v) is 7.52. The van der Waals surface area contributed by atoms with Crippen LogP contribution in [-0.4, -0.2) is 34.0 Å². The van der Waals surface area contributed by atoms with Gasteiger partial charge in [-0.1, -0.05) is 48.0 Å². The van der Waals surface area contributed by atoms with Crippen molar-refractivity contribution < 1.29 is 13.9 Å². The maximum Gasteiger partial charge on any atom is 0.228 e. The lowest BCUT2D eigenvalue weighted by atomic mass is 10.1. The minimum atomic E-state index is -0.401. The molecule has 1 amide bonds. The summed E-state index contributed by atoms with van der Waals surface area (Å²) in [5.74, 6) is 0.170. The van der Waals surface area contributed by atoms with E-state index in [1.54, 1.807) is 17.2 Å². The number of ether oxygens (including phenoxy) is 1. The smallest absolute Gasteiger partial charge is 0.228 e. The molecule has 29 heavy (non-hydrogen) atoms. The Morgan fingerprint density at radius 3 is 2.79 bits per heavy atom. The van der Waals surface area contributed by atoms with Gasteiger partial charge >= 0.3 is 0 Å². The molecule has 150 valence electrons. The van der Waals surface area contributed by atoms with Gasteiger partial charge in [0.15, 0.2) is 0 Å². The predicted octanol–water partition coefficient (Wildman–Crippen LogP) is 4.43. The first kappa shape index (κ1) is 19.6. The van der Waals surface area contributed by atoms with Gasteiger partial charge in [0.05, 0.1) is 31.0 Å². The van der Waals surface area contributed by atoms with Crippen LogP contribution in [0.2, 0.25) is 5.02 Å². The van der Waals surface area contributed by atoms with Gasteiger partial charge in [0.1, 0.15) is 11.6 Å². The van der Waals surface area contributed by atoms with E-state index in [1.807, 2.05) is 30.3 Å². The average molecular weight is 414 g/mol. The Balaban J connectivity index is 1.56. The molecular weight excluding hydrogens is 393 g/mol. The van der Waals surface area contributed by atoms with Crippen LogP contribution in [0.3, 0.4) is 0 Å². The van der Waals surface area contributed by atoms with Crippen LogP contribution in [0.1, 0.15) is 17.7 Å². The average Bonchev–Trinajstić information content (AvgIpc) is 3.42. The van der Waals surface area contributed by atoms with Gasteiger partial charge in [0.25, 0.3) is 0 Å². The minimum absolute atomic E-state index is 0.00115. The molecule has 1 saturated heterocycles. The molecule has 5 nitrogen and oxygen atoms in total. The molecule has 3 aromatic rings. The number of carbonyl (C=O) groups is 1. The van der Waals surface area contributed by atoms with Crippen molar-refractivity contribution in [3.63, 3.8) is 0 Å². The standard InChI is InChI=1S/C22H21ClFN3O2/c23-20-10-18(24)7-6-16(20)12-27(22(28)17-8-9-29-14-17)13-19-11-25-21(26-19)15-4-2-1-3-5-15/h1-7,10-11,17H,8-9,12-14H2,(H,25,26)/t17-/m0/s1. The van der Waals surface area contributed by atoms with Crippen molar-refractivity contribution in [1.29, 1.82) is 0 Å². The lowest BCUT2D eigenvalue weighted by molar-refractivity contribution is -0.136. The molecule has 0 saturated carbocycles. The van der Waals surface area contributed by atoms with E-state index in [9.17, 15) is 9.18 Å². The van der Waals surface area contributed by atoms with Gasteiger partial charge in [-0.3, -0.25) is 4.79 Å². The fourth-order valence-electron chi connectivity index (χ4n) is 3.44. The lowest BCUT2D eigenvalue weighted by Crippen LogP contribution is -2.35. The summed E-state index contributed by atoms with van der Waals surface area (Å²) < 4.78 is 18.8. The summed E-state index contributed by atoms with van der Waals surface area (Å²) >= 11 is 6.20. The normalized spacial score (nSPS) is 16.1. The Kier molecular flexibility index (Phi) is 5.92. The largest absolute Gasteiger partial charge is 0.381 e. The topological polar surface area (TPSA) is 58.2 Å². The van der Waals surface area contributed by atoms with Crippen molar-refractivity contribution in [1.82, 2.24) is 14.9 Å². The van der Waals surface area contributed by atoms with Gasteiger partial charge in [-0.2, -0.15) is 0 Å². The predicted molar refractivity (Wildman–Crippen MR) is 109 cm³/mol. The Bertz CT molecular complexity index is 987. The van der Waals surface area contributed by atoms with Gasteiger partial charge in [0, 0.05) is 23.7 Å². The van der Waals surface area contributed by atoms with Gasteiger partial charge in [0.2, 0.25) is 5.91 Å². The highest BCUT2D eigenvalue weighted by atomic mass is 35.5. The van der Waals surface area contributed by atoms with Crippen LogP contribution in [0.25, 0.3) is 11.4 Å².